The van der Waals surface area contributed by atoms with Crippen molar-refractivity contribution < 1.29 is 5.11 Å². The van der Waals surface area contributed by atoms with Crippen LogP contribution < -0.4 is 0 Å². The summed E-state index contributed by atoms with van der Waals surface area (Å²) in [4.78, 5) is 13.3. The van der Waals surface area contributed by atoms with Gasteiger partial charge in [0.25, 0.3) is 0 Å². The number of benzene rings is 2. The highest BCUT2D eigenvalue weighted by atomic mass is 16.3. The van der Waals surface area contributed by atoms with E-state index < -0.39 is 0 Å². The zero-order valence-electron chi connectivity index (χ0n) is 11.4. The highest BCUT2D eigenvalue weighted by Gasteiger charge is 2.14. The van der Waals surface area contributed by atoms with E-state index in [0.717, 1.165) is 38.5 Å². The Morgan fingerprint density at radius 3 is 2.77 bits per heavy atom. The molecule has 0 saturated carbocycles. The fraction of sp³-hybridized carbons (Fsp3) is 0. The minimum Gasteiger partial charge on any atom is -0.508 e. The van der Waals surface area contributed by atoms with Crippen molar-refractivity contribution in [3.63, 3.8) is 0 Å². The van der Waals surface area contributed by atoms with E-state index in [-0.39, 0.29) is 5.75 Å². The number of para-hydroxylation sites is 2. The van der Waals surface area contributed by atoms with Crippen LogP contribution in [0.2, 0.25) is 0 Å². The fourth-order valence-corrected chi connectivity index (χ4v) is 3.06. The molecule has 0 aliphatic carbocycles. The molecule has 0 aliphatic rings. The number of imidazole rings is 1. The highest BCUT2D eigenvalue weighted by Crippen LogP contribution is 2.32. The third kappa shape index (κ3) is 1.34. The van der Waals surface area contributed by atoms with Gasteiger partial charge < -0.3 is 5.11 Å². The molecule has 2 aromatic carbocycles. The lowest BCUT2D eigenvalue weighted by molar-refractivity contribution is 0.476. The van der Waals surface area contributed by atoms with E-state index in [9.17, 15) is 5.11 Å². The van der Waals surface area contributed by atoms with Gasteiger partial charge in [-0.15, -0.1) is 0 Å². The molecule has 0 saturated heterocycles. The molecule has 0 aliphatic heterocycles. The van der Waals surface area contributed by atoms with Gasteiger partial charge in [-0.3, -0.25) is 4.40 Å². The van der Waals surface area contributed by atoms with Crippen LogP contribution in [0.15, 0.2) is 55.0 Å². The molecule has 22 heavy (non-hydrogen) atoms. The first-order valence-electron chi connectivity index (χ1n) is 6.94. The zero-order valence-corrected chi connectivity index (χ0v) is 11.4. The van der Waals surface area contributed by atoms with Gasteiger partial charge in [0, 0.05) is 17.0 Å². The Hall–Kier alpha value is -3.21. The molecule has 0 amide bonds. The minimum absolute atomic E-state index is 0.220. The molecule has 5 aromatic rings. The average Bonchev–Trinajstić information content (AvgIpc) is 2.95. The lowest BCUT2D eigenvalue weighted by Gasteiger charge is -2.07. The molecule has 0 bridgehead atoms. The monoisotopic (exact) mass is 286 g/mol. The lowest BCUT2D eigenvalue weighted by Crippen LogP contribution is -1.94. The Bertz CT molecular complexity index is 1190. The summed E-state index contributed by atoms with van der Waals surface area (Å²) in [6.45, 7) is 0. The third-order valence-electron chi connectivity index (χ3n) is 4.00. The summed E-state index contributed by atoms with van der Waals surface area (Å²) in [5, 5.41) is 12.7. The van der Waals surface area contributed by atoms with E-state index in [4.69, 9.17) is 4.98 Å². The summed E-state index contributed by atoms with van der Waals surface area (Å²) in [6.07, 6.45) is 3.35. The molecule has 5 nitrogen and oxygen atoms in total. The Balaban J connectivity index is 2.23. The molecule has 0 unspecified atom stereocenters. The van der Waals surface area contributed by atoms with Crippen molar-refractivity contribution in [2.24, 2.45) is 0 Å². The number of hydrogen-bond acceptors (Lipinski definition) is 4. The first kappa shape index (κ1) is 11.4. The van der Waals surface area contributed by atoms with Gasteiger partial charge in [-0.25, -0.2) is 15.0 Å². The van der Waals surface area contributed by atoms with Crippen molar-refractivity contribution in [1.82, 2.24) is 19.4 Å². The normalized spacial score (nSPS) is 11.8. The summed E-state index contributed by atoms with van der Waals surface area (Å²) in [6, 6.07) is 13.2. The van der Waals surface area contributed by atoms with Crippen LogP contribution in [-0.2, 0) is 0 Å². The predicted octanol–water partition coefficient (Wildman–Crippen LogP) is 3.29. The number of pyridine rings is 1. The number of fused-ring (bicyclic) bond motifs is 8. The molecule has 0 radical (unpaired) electrons. The summed E-state index contributed by atoms with van der Waals surface area (Å²) < 4.78 is 2.02. The lowest BCUT2D eigenvalue weighted by atomic mass is 10.1. The van der Waals surface area contributed by atoms with E-state index in [2.05, 4.69) is 9.97 Å². The first-order valence-corrected chi connectivity index (χ1v) is 6.94. The number of hydrogen-bond donors (Lipinski definition) is 1. The van der Waals surface area contributed by atoms with Crippen LogP contribution in [0.4, 0.5) is 0 Å². The maximum absolute atomic E-state index is 9.87. The Labute approximate surface area is 124 Å². The second kappa shape index (κ2) is 3.92. The largest absolute Gasteiger partial charge is 0.508 e. The smallest absolute Gasteiger partial charge is 0.150 e. The van der Waals surface area contributed by atoms with E-state index >= 15 is 0 Å². The molecule has 0 atom stereocenters. The van der Waals surface area contributed by atoms with Gasteiger partial charge in [-0.1, -0.05) is 12.1 Å². The van der Waals surface area contributed by atoms with Crippen LogP contribution in [-0.4, -0.2) is 24.5 Å². The molecule has 5 rings (SSSR count). The third-order valence-corrected chi connectivity index (χ3v) is 4.00. The molecule has 0 spiro atoms. The van der Waals surface area contributed by atoms with Crippen LogP contribution in [0, 0.1) is 0 Å². The second-order valence-electron chi connectivity index (χ2n) is 5.25. The van der Waals surface area contributed by atoms with Crippen molar-refractivity contribution in [3.8, 4) is 5.75 Å². The number of aromatic hydroxyl groups is 1. The van der Waals surface area contributed by atoms with Crippen LogP contribution in [0.1, 0.15) is 0 Å². The Kier molecular flexibility index (Phi) is 2.04. The maximum atomic E-state index is 9.87. The first-order chi connectivity index (χ1) is 10.8. The van der Waals surface area contributed by atoms with Gasteiger partial charge in [0.1, 0.15) is 23.4 Å². The van der Waals surface area contributed by atoms with Gasteiger partial charge in [0.15, 0.2) is 0 Å². The summed E-state index contributed by atoms with van der Waals surface area (Å²) in [5.74, 6) is 0.220. The van der Waals surface area contributed by atoms with Gasteiger partial charge >= 0.3 is 0 Å². The number of phenolic OH excluding ortho intramolecular Hbond substituents is 1. The van der Waals surface area contributed by atoms with Crippen molar-refractivity contribution in [2.75, 3.05) is 0 Å². The maximum Gasteiger partial charge on any atom is 0.150 e. The molecule has 104 valence electrons. The van der Waals surface area contributed by atoms with E-state index in [1.807, 2.05) is 34.7 Å². The topological polar surface area (TPSA) is 63.3 Å². The van der Waals surface area contributed by atoms with Crippen molar-refractivity contribution in [1.29, 1.82) is 0 Å². The van der Waals surface area contributed by atoms with Crippen LogP contribution in [0.3, 0.4) is 0 Å². The predicted molar refractivity (Wildman–Crippen MR) is 85.0 cm³/mol. The molecule has 3 aromatic heterocycles. The number of rotatable bonds is 0. The molecular weight excluding hydrogens is 276 g/mol. The summed E-state index contributed by atoms with van der Waals surface area (Å²) in [7, 11) is 0. The SMILES string of the molecule is Oc1ccc2c3cncnc3n3c4ccccc4nc3c2c1. The van der Waals surface area contributed by atoms with Gasteiger partial charge in [-0.2, -0.15) is 0 Å². The van der Waals surface area contributed by atoms with Crippen molar-refractivity contribution >= 4 is 38.5 Å². The van der Waals surface area contributed by atoms with Crippen molar-refractivity contribution in [2.45, 2.75) is 0 Å². The molecular formula is C17H10N4O. The second-order valence-corrected chi connectivity index (χ2v) is 5.25. The van der Waals surface area contributed by atoms with E-state index in [1.165, 1.54) is 0 Å². The minimum atomic E-state index is 0.220. The van der Waals surface area contributed by atoms with Crippen LogP contribution in [0.25, 0.3) is 38.5 Å². The number of phenols is 1. The van der Waals surface area contributed by atoms with E-state index in [1.54, 1.807) is 24.7 Å². The summed E-state index contributed by atoms with van der Waals surface area (Å²) in [5.41, 5.74) is 3.50. The zero-order chi connectivity index (χ0) is 14.7. The van der Waals surface area contributed by atoms with Crippen LogP contribution in [0.5, 0.6) is 5.75 Å². The number of nitrogens with zero attached hydrogens (tertiary/aromatic N) is 4. The highest BCUT2D eigenvalue weighted by molar-refractivity contribution is 6.12. The molecule has 1 N–H and O–H groups in total. The summed E-state index contributed by atoms with van der Waals surface area (Å²) >= 11 is 0. The molecule has 5 heteroatoms. The van der Waals surface area contributed by atoms with Gasteiger partial charge in [0.05, 0.1) is 11.0 Å². The molecule has 0 fully saturated rings. The van der Waals surface area contributed by atoms with Crippen molar-refractivity contribution in [3.05, 3.63) is 55.0 Å². The van der Waals surface area contributed by atoms with E-state index in [0.29, 0.717) is 0 Å². The standard InChI is InChI=1S/C17H10N4O/c22-10-5-6-11-12(7-10)17-20-14-3-1-2-4-15(14)21(17)16-13(11)8-18-9-19-16/h1-9,22H. The number of aromatic nitrogens is 4. The fourth-order valence-electron chi connectivity index (χ4n) is 3.06. The Morgan fingerprint density at radius 2 is 1.82 bits per heavy atom. The average molecular weight is 286 g/mol. The Morgan fingerprint density at radius 1 is 0.909 bits per heavy atom. The quantitative estimate of drug-likeness (QED) is 0.444. The molecule has 3 heterocycles. The van der Waals surface area contributed by atoms with Gasteiger partial charge in [0.2, 0.25) is 0 Å². The van der Waals surface area contributed by atoms with Gasteiger partial charge in [-0.05, 0) is 35.7 Å². The van der Waals surface area contributed by atoms with Crippen LogP contribution >= 0.6 is 0 Å².